The fourth-order valence-corrected chi connectivity index (χ4v) is 7.22. The van der Waals surface area contributed by atoms with Gasteiger partial charge in [0.05, 0.1) is 14.2 Å². The molecule has 8 aromatic rings. The maximum atomic E-state index is 5.81. The predicted octanol–water partition coefficient (Wildman–Crippen LogP) is 13.2. The molecule has 57 heavy (non-hydrogen) atoms. The topological polar surface area (TPSA) is 28.3 Å². The zero-order valence-electron chi connectivity index (χ0n) is 32.1. The molecule has 0 unspecified atom stereocenters. The number of nitrogens with zero attached hydrogens (tertiary/aromatic N) is 2. The number of aromatic nitrogens is 2. The minimum atomic E-state index is 0. The number of methoxy groups -OCH3 is 2. The van der Waals surface area contributed by atoms with Crippen molar-refractivity contribution in [3.8, 4) is 56.3 Å². The number of benzene rings is 6. The van der Waals surface area contributed by atoms with Crippen LogP contribution in [0.1, 0.15) is 11.1 Å². The minimum Gasteiger partial charge on any atom is -0.497 e. The van der Waals surface area contributed by atoms with E-state index >= 15 is 0 Å². The molecule has 0 amide bonds. The summed E-state index contributed by atoms with van der Waals surface area (Å²) in [6.45, 7) is 1.42. The van der Waals surface area contributed by atoms with Crippen molar-refractivity contribution in [1.82, 2.24) is 9.13 Å². The van der Waals surface area contributed by atoms with Crippen LogP contribution in [0.2, 0.25) is 0 Å². The maximum absolute atomic E-state index is 5.81. The smallest absolute Gasteiger partial charge is 0.497 e. The zero-order chi connectivity index (χ0) is 38.7. The molecule has 2 aromatic heterocycles. The molecule has 0 atom stereocenters. The molecule has 0 spiro atoms. The van der Waals surface area contributed by atoms with Crippen LogP contribution in [0.3, 0.4) is 0 Å². The van der Waals surface area contributed by atoms with Gasteiger partial charge in [-0.15, -0.1) is 0 Å². The van der Waals surface area contributed by atoms with Crippen LogP contribution in [-0.2, 0) is 40.8 Å². The fourth-order valence-electron chi connectivity index (χ4n) is 6.64. The Balaban J connectivity index is 0.000000189. The van der Waals surface area contributed by atoms with Gasteiger partial charge in [-0.25, -0.2) is 0 Å². The molecule has 7 heteroatoms. The van der Waals surface area contributed by atoms with Crippen molar-refractivity contribution in [2.24, 2.45) is 0 Å². The summed E-state index contributed by atoms with van der Waals surface area (Å²) >= 11 is 11.6. The Hall–Kier alpha value is -5.40. The quantitative estimate of drug-likeness (QED) is 0.101. The Kier molecular flexibility index (Phi) is 14.6. The van der Waals surface area contributed by atoms with Gasteiger partial charge in [0.2, 0.25) is 0 Å². The Morgan fingerprint density at radius 2 is 0.667 bits per heavy atom. The molecule has 0 N–H and O–H groups in total. The third-order valence-corrected chi connectivity index (χ3v) is 10.3. The van der Waals surface area contributed by atoms with E-state index in [9.17, 15) is 0 Å². The Bertz CT molecular complexity index is 2430. The molecule has 276 valence electrons. The van der Waals surface area contributed by atoms with Crippen LogP contribution in [0.4, 0.5) is 0 Å². The number of hydrogen-bond donors (Lipinski definition) is 0. The molecule has 8 rings (SSSR count). The van der Waals surface area contributed by atoms with E-state index < -0.39 is 0 Å². The summed E-state index contributed by atoms with van der Waals surface area (Å²) in [7, 11) is 3.36. The van der Waals surface area contributed by atoms with Crippen LogP contribution in [0, 0.1) is 9.28 Å². The van der Waals surface area contributed by atoms with E-state index in [1.54, 1.807) is 14.2 Å². The summed E-state index contributed by atoms with van der Waals surface area (Å²) < 4.78 is 16.6. The van der Waals surface area contributed by atoms with E-state index in [2.05, 4.69) is 155 Å². The van der Waals surface area contributed by atoms with Gasteiger partial charge in [-0.05, 0) is 93.0 Å². The zero-order valence-corrected chi connectivity index (χ0v) is 39.3. The van der Waals surface area contributed by atoms with Gasteiger partial charge < -0.3 is 18.6 Å². The van der Waals surface area contributed by atoms with Crippen LogP contribution in [0.15, 0.2) is 194 Å². The summed E-state index contributed by atoms with van der Waals surface area (Å²) in [5.74, 6) is 1.71. The van der Waals surface area contributed by atoms with Crippen molar-refractivity contribution in [3.05, 3.63) is 215 Å². The Morgan fingerprint density at radius 1 is 0.368 bits per heavy atom. The van der Waals surface area contributed by atoms with Crippen LogP contribution < -0.4 is 9.47 Å². The first kappa shape index (κ1) is 41.2. The summed E-state index contributed by atoms with van der Waals surface area (Å²) in [5.41, 5.74) is 11.5. The first-order valence-electron chi connectivity index (χ1n) is 18.5. The number of ether oxygens (including phenoxy) is 2. The molecule has 0 aliphatic rings. The molecular formula is C50H42HgN2O2S2+2. The van der Waals surface area contributed by atoms with E-state index in [1.807, 2.05) is 48.5 Å². The predicted molar refractivity (Wildman–Crippen MR) is 236 cm³/mol. The molecule has 6 aromatic carbocycles. The van der Waals surface area contributed by atoms with Gasteiger partial charge in [0, 0.05) is 24.5 Å². The third kappa shape index (κ3) is 10.5. The molecule has 0 saturated carbocycles. The van der Waals surface area contributed by atoms with Gasteiger partial charge in [-0.2, -0.15) is 0 Å². The Labute approximate surface area is 366 Å². The van der Waals surface area contributed by atoms with Crippen molar-refractivity contribution in [2.45, 2.75) is 13.1 Å². The van der Waals surface area contributed by atoms with E-state index in [-0.39, 0.29) is 27.7 Å². The summed E-state index contributed by atoms with van der Waals surface area (Å²) in [6.07, 6.45) is 0. The molecule has 0 radical (unpaired) electrons. The number of hydrogen-bond acceptors (Lipinski definition) is 4. The summed E-state index contributed by atoms with van der Waals surface area (Å²) in [6, 6.07) is 66.5. The first-order valence-corrected chi connectivity index (χ1v) is 19.3. The maximum Gasteiger partial charge on any atom is 2.00 e. The van der Waals surface area contributed by atoms with Gasteiger partial charge in [-0.1, -0.05) is 170 Å². The second-order valence-electron chi connectivity index (χ2n) is 13.3. The monoisotopic (exact) mass is 968 g/mol. The molecule has 0 bridgehead atoms. The number of pyridine rings is 2. The minimum absolute atomic E-state index is 0. The van der Waals surface area contributed by atoms with Crippen molar-refractivity contribution in [1.29, 1.82) is 0 Å². The van der Waals surface area contributed by atoms with Crippen LogP contribution in [-0.4, -0.2) is 23.4 Å². The van der Waals surface area contributed by atoms with Crippen molar-refractivity contribution < 1.29 is 37.1 Å². The normalized spacial score (nSPS) is 10.4. The standard InChI is InChI=1S/2C25H21NOS.Hg/c2*1-27-23-14-12-19(13-15-23)18-26-24(21-10-6-3-7-11-21)16-22(17-25(26)28)20-8-4-2-5-9-20;/h2*2-17H,18H2,1H3;/q;;+2. The molecule has 0 fully saturated rings. The largest absolute Gasteiger partial charge is 2.00 e. The second kappa shape index (κ2) is 20.1. The summed E-state index contributed by atoms with van der Waals surface area (Å²) in [5, 5.41) is 0. The van der Waals surface area contributed by atoms with Crippen molar-refractivity contribution in [2.75, 3.05) is 14.2 Å². The van der Waals surface area contributed by atoms with E-state index in [0.717, 1.165) is 54.4 Å². The molecule has 2 heterocycles. The van der Waals surface area contributed by atoms with Gasteiger partial charge in [0.1, 0.15) is 20.8 Å². The van der Waals surface area contributed by atoms with Crippen molar-refractivity contribution in [3.63, 3.8) is 0 Å². The van der Waals surface area contributed by atoms with Gasteiger partial charge >= 0.3 is 27.7 Å². The molecule has 0 aliphatic carbocycles. The second-order valence-corrected chi connectivity index (χ2v) is 14.1. The van der Waals surface area contributed by atoms with Gasteiger partial charge in [-0.3, -0.25) is 0 Å². The Morgan fingerprint density at radius 3 is 0.965 bits per heavy atom. The molecular weight excluding hydrogens is 925 g/mol. The molecule has 4 nitrogen and oxygen atoms in total. The number of rotatable bonds is 10. The van der Waals surface area contributed by atoms with Gasteiger partial charge in [0.15, 0.2) is 0 Å². The van der Waals surface area contributed by atoms with E-state index in [0.29, 0.717) is 13.1 Å². The molecule has 0 saturated heterocycles. The molecule has 0 aliphatic heterocycles. The average molecular weight is 968 g/mol. The van der Waals surface area contributed by atoms with Gasteiger partial charge in [0.25, 0.3) is 0 Å². The average Bonchev–Trinajstić information content (AvgIpc) is 3.27. The van der Waals surface area contributed by atoms with Crippen LogP contribution >= 0.6 is 24.4 Å². The summed E-state index contributed by atoms with van der Waals surface area (Å²) in [4.78, 5) is 0. The van der Waals surface area contributed by atoms with Crippen LogP contribution in [0.25, 0.3) is 44.8 Å². The van der Waals surface area contributed by atoms with Crippen LogP contribution in [0.5, 0.6) is 11.5 Å². The first-order chi connectivity index (χ1) is 27.5. The van der Waals surface area contributed by atoms with E-state index in [1.165, 1.54) is 22.3 Å². The van der Waals surface area contributed by atoms with Crippen molar-refractivity contribution >= 4 is 24.4 Å². The third-order valence-electron chi connectivity index (χ3n) is 9.61. The SMILES string of the molecule is COc1ccc(Cn2c(-c3ccccc3)cc(-c3ccccc3)cc2=S)cc1.COc1ccc(Cn2c(-c3ccccc3)cc(-c3ccccc3)cc2=S)cc1.[Hg+2]. The fraction of sp³-hybridized carbons (Fsp3) is 0.0800. The van der Waals surface area contributed by atoms with E-state index in [4.69, 9.17) is 33.9 Å².